The number of halogens is 1. The van der Waals surface area contributed by atoms with Crippen molar-refractivity contribution in [2.45, 2.75) is 64.5 Å². The van der Waals surface area contributed by atoms with E-state index in [4.69, 9.17) is 4.74 Å². The molecule has 0 N–H and O–H groups in total. The highest BCUT2D eigenvalue weighted by atomic mass is 19.1. The van der Waals surface area contributed by atoms with Crippen LogP contribution < -0.4 is 4.74 Å². The minimum Gasteiger partial charge on any atom is -0.497 e. The highest BCUT2D eigenvalue weighted by molar-refractivity contribution is 5.83. The van der Waals surface area contributed by atoms with Gasteiger partial charge in [-0.15, -0.1) is 0 Å². The zero-order valence-corrected chi connectivity index (χ0v) is 21.6. The number of hydrogen-bond acceptors (Lipinski definition) is 3. The van der Waals surface area contributed by atoms with Crippen molar-refractivity contribution < 1.29 is 13.9 Å². The van der Waals surface area contributed by atoms with Gasteiger partial charge in [0.2, 0.25) is 5.91 Å². The van der Waals surface area contributed by atoms with Crippen LogP contribution in [0.1, 0.15) is 62.1 Å². The normalized spacial score (nSPS) is 23.4. The first-order valence-electron chi connectivity index (χ1n) is 13.7. The summed E-state index contributed by atoms with van der Waals surface area (Å²) in [7, 11) is 1.73. The van der Waals surface area contributed by atoms with Crippen LogP contribution in [0.25, 0.3) is 5.57 Å². The number of piperidine rings is 1. The van der Waals surface area contributed by atoms with Gasteiger partial charge in [-0.1, -0.05) is 37.6 Å². The van der Waals surface area contributed by atoms with Gasteiger partial charge in [-0.2, -0.15) is 0 Å². The van der Waals surface area contributed by atoms with Crippen molar-refractivity contribution in [2.24, 2.45) is 11.3 Å². The average molecular weight is 489 g/mol. The van der Waals surface area contributed by atoms with E-state index in [0.717, 1.165) is 69.5 Å². The number of likely N-dealkylation sites (tertiary alicyclic amines) is 1. The summed E-state index contributed by atoms with van der Waals surface area (Å²) in [6, 6.07) is 14.0. The van der Waals surface area contributed by atoms with E-state index in [2.05, 4.69) is 34.9 Å². The summed E-state index contributed by atoms with van der Waals surface area (Å²) >= 11 is 0. The number of carbonyl (C=O) groups is 1. The van der Waals surface area contributed by atoms with E-state index in [0.29, 0.717) is 18.5 Å². The van der Waals surface area contributed by atoms with Gasteiger partial charge < -0.3 is 9.64 Å². The lowest BCUT2D eigenvalue weighted by Gasteiger charge is -2.52. The molecule has 2 aromatic carbocycles. The van der Waals surface area contributed by atoms with Crippen molar-refractivity contribution in [3.05, 3.63) is 70.5 Å². The smallest absolute Gasteiger partial charge is 0.225 e. The maximum Gasteiger partial charge on any atom is 0.225 e. The third-order valence-corrected chi connectivity index (χ3v) is 9.37. The number of rotatable bonds is 5. The minimum absolute atomic E-state index is 0.0114. The summed E-state index contributed by atoms with van der Waals surface area (Å²) in [5, 5.41) is 0. The number of nitrogens with zero attached hydrogens (tertiary/aromatic N) is 2. The lowest BCUT2D eigenvalue weighted by atomic mass is 9.66. The van der Waals surface area contributed by atoms with Crippen molar-refractivity contribution in [3.8, 4) is 5.75 Å². The Morgan fingerprint density at radius 2 is 1.92 bits per heavy atom. The molecule has 2 aliphatic carbocycles. The molecule has 2 aromatic rings. The van der Waals surface area contributed by atoms with Crippen LogP contribution in [-0.4, -0.2) is 48.5 Å². The van der Waals surface area contributed by atoms with Crippen LogP contribution in [0.5, 0.6) is 5.75 Å². The highest BCUT2D eigenvalue weighted by Crippen LogP contribution is 2.55. The van der Waals surface area contributed by atoms with E-state index in [1.54, 1.807) is 19.2 Å². The van der Waals surface area contributed by atoms with Crippen LogP contribution in [0.2, 0.25) is 0 Å². The summed E-state index contributed by atoms with van der Waals surface area (Å²) in [5.41, 5.74) is 6.49. The zero-order chi connectivity index (χ0) is 24.9. The third-order valence-electron chi connectivity index (χ3n) is 9.37. The van der Waals surface area contributed by atoms with Gasteiger partial charge in [0.1, 0.15) is 11.6 Å². The van der Waals surface area contributed by atoms with Crippen LogP contribution in [0, 0.1) is 17.2 Å². The first-order chi connectivity index (χ1) is 17.5. The van der Waals surface area contributed by atoms with Crippen molar-refractivity contribution in [2.75, 3.05) is 26.7 Å². The van der Waals surface area contributed by atoms with Crippen molar-refractivity contribution in [1.82, 2.24) is 9.80 Å². The number of benzene rings is 2. The Balaban J connectivity index is 1.36. The number of hydrogen-bond donors (Lipinski definition) is 0. The van der Waals surface area contributed by atoms with E-state index < -0.39 is 0 Å². The molecule has 1 spiro atoms. The van der Waals surface area contributed by atoms with E-state index >= 15 is 0 Å². The Morgan fingerprint density at radius 3 is 2.58 bits per heavy atom. The molecule has 36 heavy (non-hydrogen) atoms. The Labute approximate surface area is 214 Å². The molecular weight excluding hydrogens is 451 g/mol. The molecule has 4 aliphatic rings. The molecule has 2 aliphatic heterocycles. The average Bonchev–Trinajstić information content (AvgIpc) is 3.24. The standard InChI is InChI=1S/C31H37FN2O2/c1-3-28-26-18-23-17-24(36-2)11-12-25(23)29(26)31(20-34(28)19-22-7-4-5-10-27(22)32)13-15-33(16-14-31)30(35)21-8-6-9-21/h4-5,7,10-12,17,21,28H,3,6,8-9,13-16,18-20H2,1-2H3/t28-/m0/s1. The van der Waals surface area contributed by atoms with Crippen LogP contribution in [0.3, 0.4) is 0 Å². The molecule has 2 fully saturated rings. The number of carbonyl (C=O) groups excluding carboxylic acids is 1. The van der Waals surface area contributed by atoms with Gasteiger partial charge in [-0.05, 0) is 79.0 Å². The Bertz CT molecular complexity index is 1190. The van der Waals surface area contributed by atoms with Crippen LogP contribution >= 0.6 is 0 Å². The second-order valence-corrected chi connectivity index (χ2v) is 11.3. The topological polar surface area (TPSA) is 32.8 Å². The predicted octanol–water partition coefficient (Wildman–Crippen LogP) is 5.85. The second kappa shape index (κ2) is 9.33. The van der Waals surface area contributed by atoms with E-state index in [-0.39, 0.29) is 17.2 Å². The molecule has 1 saturated carbocycles. The lowest BCUT2D eigenvalue weighted by Crippen LogP contribution is -2.54. The van der Waals surface area contributed by atoms with E-state index in [1.807, 2.05) is 12.1 Å². The van der Waals surface area contributed by atoms with Gasteiger partial charge in [-0.25, -0.2) is 4.39 Å². The molecule has 6 rings (SSSR count). The molecule has 2 heterocycles. The molecule has 0 bridgehead atoms. The SMILES string of the molecule is CC[C@H]1C2=C(c3ccc(OC)cc3C2)C2(CCN(C(=O)C3CCC3)CC2)CN1Cc1ccccc1F. The van der Waals surface area contributed by atoms with Crippen molar-refractivity contribution in [1.29, 1.82) is 0 Å². The fraction of sp³-hybridized carbons (Fsp3) is 0.516. The van der Waals surface area contributed by atoms with Gasteiger partial charge in [0.05, 0.1) is 7.11 Å². The van der Waals surface area contributed by atoms with Crippen molar-refractivity contribution in [3.63, 3.8) is 0 Å². The van der Waals surface area contributed by atoms with Gasteiger partial charge in [0, 0.05) is 49.1 Å². The molecular formula is C31H37FN2O2. The van der Waals surface area contributed by atoms with Gasteiger partial charge in [-0.3, -0.25) is 9.69 Å². The van der Waals surface area contributed by atoms with Crippen LogP contribution in [0.4, 0.5) is 4.39 Å². The van der Waals surface area contributed by atoms with Gasteiger partial charge in [0.25, 0.3) is 0 Å². The predicted molar refractivity (Wildman–Crippen MR) is 140 cm³/mol. The molecule has 0 radical (unpaired) electrons. The van der Waals surface area contributed by atoms with Gasteiger partial charge in [0.15, 0.2) is 0 Å². The molecule has 1 atom stereocenters. The summed E-state index contributed by atoms with van der Waals surface area (Å²) in [6.07, 6.45) is 7.18. The van der Waals surface area contributed by atoms with E-state index in [1.165, 1.54) is 28.7 Å². The van der Waals surface area contributed by atoms with E-state index in [9.17, 15) is 9.18 Å². The summed E-state index contributed by atoms with van der Waals surface area (Å²) in [6.45, 7) is 5.43. The molecule has 5 heteroatoms. The molecule has 1 amide bonds. The highest BCUT2D eigenvalue weighted by Gasteiger charge is 2.50. The lowest BCUT2D eigenvalue weighted by molar-refractivity contribution is -0.140. The van der Waals surface area contributed by atoms with Crippen LogP contribution in [0.15, 0.2) is 48.0 Å². The zero-order valence-electron chi connectivity index (χ0n) is 21.6. The van der Waals surface area contributed by atoms with Gasteiger partial charge >= 0.3 is 0 Å². The maximum absolute atomic E-state index is 14.7. The molecule has 4 nitrogen and oxygen atoms in total. The Morgan fingerprint density at radius 1 is 1.14 bits per heavy atom. The fourth-order valence-electron chi connectivity index (χ4n) is 7.26. The molecule has 1 saturated heterocycles. The summed E-state index contributed by atoms with van der Waals surface area (Å²) in [5.74, 6) is 1.40. The Hall–Kier alpha value is -2.66. The first kappa shape index (κ1) is 23.7. The van der Waals surface area contributed by atoms with Crippen LogP contribution in [-0.2, 0) is 17.8 Å². The molecule has 190 valence electrons. The first-order valence-corrected chi connectivity index (χ1v) is 13.7. The minimum atomic E-state index is -0.124. The molecule has 0 unspecified atom stereocenters. The quantitative estimate of drug-likeness (QED) is 0.530. The second-order valence-electron chi connectivity index (χ2n) is 11.3. The fourth-order valence-corrected chi connectivity index (χ4v) is 7.26. The number of fused-ring (bicyclic) bond motifs is 3. The third kappa shape index (κ3) is 3.87. The largest absolute Gasteiger partial charge is 0.497 e. The molecule has 0 aromatic heterocycles. The Kier molecular flexibility index (Phi) is 6.15. The van der Waals surface area contributed by atoms with Crippen molar-refractivity contribution >= 4 is 11.5 Å². The monoisotopic (exact) mass is 488 g/mol. The number of amides is 1. The number of ether oxygens (including phenoxy) is 1. The maximum atomic E-state index is 14.7. The summed E-state index contributed by atoms with van der Waals surface area (Å²) < 4.78 is 20.3. The number of methoxy groups -OCH3 is 1. The summed E-state index contributed by atoms with van der Waals surface area (Å²) in [4.78, 5) is 17.7.